The van der Waals surface area contributed by atoms with Gasteiger partial charge in [-0.25, -0.2) is 0 Å². The molecule has 2 N–H and O–H groups in total. The summed E-state index contributed by atoms with van der Waals surface area (Å²) in [5.41, 5.74) is 7.59. The maximum absolute atomic E-state index is 5.56. The first-order valence-electron chi connectivity index (χ1n) is 4.10. The number of aryl methyl sites for hydroxylation is 1. The largest absolute Gasteiger partial charge is 0.459 e. The molecule has 13 heavy (non-hydrogen) atoms. The van der Waals surface area contributed by atoms with Crippen molar-refractivity contribution in [2.75, 3.05) is 0 Å². The number of fused-ring (bicyclic) bond motifs is 1. The van der Waals surface area contributed by atoms with E-state index in [1.165, 1.54) is 0 Å². The van der Waals surface area contributed by atoms with Crippen molar-refractivity contribution >= 4 is 26.9 Å². The van der Waals surface area contributed by atoms with Crippen LogP contribution in [0, 0.1) is 6.92 Å². The number of hydrogen-bond acceptors (Lipinski definition) is 2. The third kappa shape index (κ3) is 1.38. The highest BCUT2D eigenvalue weighted by atomic mass is 79.9. The predicted molar refractivity (Wildman–Crippen MR) is 56.5 cm³/mol. The molecule has 0 radical (unpaired) electrons. The van der Waals surface area contributed by atoms with Crippen molar-refractivity contribution in [1.82, 2.24) is 0 Å². The third-order valence-electron chi connectivity index (χ3n) is 2.18. The first-order valence-corrected chi connectivity index (χ1v) is 4.89. The van der Waals surface area contributed by atoms with Crippen LogP contribution in [0.3, 0.4) is 0 Å². The zero-order valence-corrected chi connectivity index (χ0v) is 8.89. The van der Waals surface area contributed by atoms with E-state index in [-0.39, 0.29) is 0 Å². The molecule has 0 unspecified atom stereocenters. The van der Waals surface area contributed by atoms with Crippen molar-refractivity contribution < 1.29 is 4.42 Å². The highest BCUT2D eigenvalue weighted by Crippen LogP contribution is 2.27. The first-order chi connectivity index (χ1) is 6.22. The number of hydrogen-bond donors (Lipinski definition) is 1. The van der Waals surface area contributed by atoms with Gasteiger partial charge in [-0.3, -0.25) is 0 Å². The maximum Gasteiger partial charge on any atom is 0.134 e. The number of halogens is 1. The summed E-state index contributed by atoms with van der Waals surface area (Å²) < 4.78 is 6.62. The average molecular weight is 240 g/mol. The molecule has 0 aliphatic rings. The maximum atomic E-state index is 5.56. The standard InChI is InChI=1S/C10H10BrNO/c1-6-8-4-7(11)2-3-9(8)13-10(6)5-12/h2-4H,5,12H2,1H3. The topological polar surface area (TPSA) is 39.2 Å². The number of furan rings is 1. The monoisotopic (exact) mass is 239 g/mol. The van der Waals surface area contributed by atoms with Crippen molar-refractivity contribution in [3.63, 3.8) is 0 Å². The molecule has 68 valence electrons. The highest BCUT2D eigenvalue weighted by Gasteiger charge is 2.08. The molecule has 0 saturated carbocycles. The summed E-state index contributed by atoms with van der Waals surface area (Å²) in [6.45, 7) is 2.48. The van der Waals surface area contributed by atoms with Gasteiger partial charge in [-0.05, 0) is 30.7 Å². The summed E-state index contributed by atoms with van der Waals surface area (Å²) in [5.74, 6) is 0.869. The van der Waals surface area contributed by atoms with E-state index in [1.54, 1.807) is 0 Å². The molecule has 1 aromatic heterocycles. The van der Waals surface area contributed by atoms with Crippen LogP contribution in [-0.4, -0.2) is 0 Å². The van der Waals surface area contributed by atoms with Crippen LogP contribution >= 0.6 is 15.9 Å². The van der Waals surface area contributed by atoms with Gasteiger partial charge in [0.1, 0.15) is 11.3 Å². The Morgan fingerprint density at radius 3 is 2.92 bits per heavy atom. The Labute approximate surface area is 84.8 Å². The molecule has 2 aromatic rings. The molecule has 1 aromatic carbocycles. The van der Waals surface area contributed by atoms with Gasteiger partial charge in [0, 0.05) is 9.86 Å². The lowest BCUT2D eigenvalue weighted by Crippen LogP contribution is -1.95. The zero-order valence-electron chi connectivity index (χ0n) is 7.30. The van der Waals surface area contributed by atoms with Crippen LogP contribution < -0.4 is 5.73 Å². The summed E-state index contributed by atoms with van der Waals surface area (Å²) in [5, 5.41) is 1.13. The lowest BCUT2D eigenvalue weighted by Gasteiger charge is -1.90. The summed E-state index contributed by atoms with van der Waals surface area (Å²) >= 11 is 3.42. The van der Waals surface area contributed by atoms with Crippen LogP contribution in [0.2, 0.25) is 0 Å². The van der Waals surface area contributed by atoms with Crippen LogP contribution in [0.1, 0.15) is 11.3 Å². The number of benzene rings is 1. The fourth-order valence-corrected chi connectivity index (χ4v) is 1.80. The van der Waals surface area contributed by atoms with E-state index in [0.717, 1.165) is 26.8 Å². The second-order valence-corrected chi connectivity index (χ2v) is 3.91. The van der Waals surface area contributed by atoms with Crippen molar-refractivity contribution in [3.8, 4) is 0 Å². The van der Waals surface area contributed by atoms with Crippen LogP contribution in [0.5, 0.6) is 0 Å². The van der Waals surface area contributed by atoms with E-state index >= 15 is 0 Å². The van der Waals surface area contributed by atoms with Gasteiger partial charge in [0.15, 0.2) is 0 Å². The van der Waals surface area contributed by atoms with E-state index in [2.05, 4.69) is 15.9 Å². The molecule has 3 heteroatoms. The minimum Gasteiger partial charge on any atom is -0.459 e. The lowest BCUT2D eigenvalue weighted by atomic mass is 10.1. The van der Waals surface area contributed by atoms with E-state index in [0.29, 0.717) is 6.54 Å². The highest BCUT2D eigenvalue weighted by molar-refractivity contribution is 9.10. The zero-order chi connectivity index (χ0) is 9.42. The third-order valence-corrected chi connectivity index (χ3v) is 2.68. The molecule has 0 saturated heterocycles. The molecule has 0 amide bonds. The minimum absolute atomic E-state index is 0.456. The first kappa shape index (κ1) is 8.78. The van der Waals surface area contributed by atoms with E-state index in [4.69, 9.17) is 10.2 Å². The van der Waals surface area contributed by atoms with Crippen LogP contribution in [-0.2, 0) is 6.54 Å². The van der Waals surface area contributed by atoms with Crippen LogP contribution in [0.15, 0.2) is 27.1 Å². The fourth-order valence-electron chi connectivity index (χ4n) is 1.44. The second kappa shape index (κ2) is 3.16. The molecule has 2 nitrogen and oxygen atoms in total. The molecule has 0 spiro atoms. The van der Waals surface area contributed by atoms with Crippen LogP contribution in [0.4, 0.5) is 0 Å². The second-order valence-electron chi connectivity index (χ2n) is 2.99. The Morgan fingerprint density at radius 2 is 2.23 bits per heavy atom. The molecule has 0 fully saturated rings. The van der Waals surface area contributed by atoms with Gasteiger partial charge >= 0.3 is 0 Å². The Morgan fingerprint density at radius 1 is 1.46 bits per heavy atom. The number of rotatable bonds is 1. The van der Waals surface area contributed by atoms with Gasteiger partial charge in [0.2, 0.25) is 0 Å². The quantitative estimate of drug-likeness (QED) is 0.832. The van der Waals surface area contributed by atoms with Gasteiger partial charge in [0.05, 0.1) is 6.54 Å². The Kier molecular flexibility index (Phi) is 2.14. The summed E-state index contributed by atoms with van der Waals surface area (Å²) in [4.78, 5) is 0. The Hall–Kier alpha value is -0.800. The summed E-state index contributed by atoms with van der Waals surface area (Å²) in [6, 6.07) is 5.96. The lowest BCUT2D eigenvalue weighted by molar-refractivity contribution is 0.548. The van der Waals surface area contributed by atoms with Crippen molar-refractivity contribution in [2.45, 2.75) is 13.5 Å². The van der Waals surface area contributed by atoms with Crippen molar-refractivity contribution in [2.24, 2.45) is 5.73 Å². The molecule has 2 rings (SSSR count). The summed E-state index contributed by atoms with van der Waals surface area (Å²) in [6.07, 6.45) is 0. The van der Waals surface area contributed by atoms with Crippen molar-refractivity contribution in [1.29, 1.82) is 0 Å². The minimum atomic E-state index is 0.456. The summed E-state index contributed by atoms with van der Waals surface area (Å²) in [7, 11) is 0. The molecular formula is C10H10BrNO. The van der Waals surface area contributed by atoms with E-state index in [1.807, 2.05) is 25.1 Å². The van der Waals surface area contributed by atoms with Gasteiger partial charge in [-0.1, -0.05) is 15.9 Å². The van der Waals surface area contributed by atoms with E-state index in [9.17, 15) is 0 Å². The van der Waals surface area contributed by atoms with Gasteiger partial charge in [0.25, 0.3) is 0 Å². The molecule has 0 aliphatic carbocycles. The fraction of sp³-hybridized carbons (Fsp3) is 0.200. The average Bonchev–Trinajstić information content (AvgIpc) is 2.44. The van der Waals surface area contributed by atoms with Crippen LogP contribution in [0.25, 0.3) is 11.0 Å². The van der Waals surface area contributed by atoms with Gasteiger partial charge in [-0.15, -0.1) is 0 Å². The number of nitrogens with two attached hydrogens (primary N) is 1. The Bertz CT molecular complexity index is 447. The van der Waals surface area contributed by atoms with E-state index < -0.39 is 0 Å². The van der Waals surface area contributed by atoms with Crippen molar-refractivity contribution in [3.05, 3.63) is 34.0 Å². The predicted octanol–water partition coefficient (Wildman–Crippen LogP) is 2.96. The smallest absolute Gasteiger partial charge is 0.134 e. The Balaban J connectivity index is 2.77. The molecular weight excluding hydrogens is 230 g/mol. The molecule has 1 heterocycles. The molecule has 0 bridgehead atoms. The SMILES string of the molecule is Cc1c(CN)oc2ccc(Br)cc12. The molecule has 0 atom stereocenters. The normalized spacial score (nSPS) is 11.0. The molecule has 0 aliphatic heterocycles. The van der Waals surface area contributed by atoms with Gasteiger partial charge < -0.3 is 10.2 Å². The van der Waals surface area contributed by atoms with Gasteiger partial charge in [-0.2, -0.15) is 0 Å².